The topological polar surface area (TPSA) is 116 Å². The summed E-state index contributed by atoms with van der Waals surface area (Å²) in [7, 11) is 0. The molecular formula is C15H10Cl2N4O2. The molecule has 0 amide bonds. The maximum absolute atomic E-state index is 9.45. The summed E-state index contributed by atoms with van der Waals surface area (Å²) in [6.07, 6.45) is 0. The number of nitrogens with two attached hydrogens (primary N) is 1. The van der Waals surface area contributed by atoms with Gasteiger partial charge in [0.05, 0.1) is 16.7 Å². The summed E-state index contributed by atoms with van der Waals surface area (Å²) >= 11 is 11.9. The molecule has 0 spiro atoms. The highest BCUT2D eigenvalue weighted by molar-refractivity contribution is 6.42. The van der Waals surface area contributed by atoms with Crippen LogP contribution in [-0.4, -0.2) is 23.3 Å². The standard InChI is InChI=1S/C15H10Cl2N4O2/c16-11-2-1-8(5-12(11)17)13-9(6-18)14(20)21-15(10(13)7-19)23-4-3-22/h1-2,5,22H,3-4H2,(H2,20,21). The fourth-order valence-corrected chi connectivity index (χ4v) is 2.28. The molecule has 0 aliphatic rings. The van der Waals surface area contributed by atoms with Gasteiger partial charge in [-0.05, 0) is 17.7 Å². The van der Waals surface area contributed by atoms with Gasteiger partial charge >= 0.3 is 0 Å². The highest BCUT2D eigenvalue weighted by atomic mass is 35.5. The monoisotopic (exact) mass is 348 g/mol. The van der Waals surface area contributed by atoms with Crippen LogP contribution in [0.5, 0.6) is 5.88 Å². The van der Waals surface area contributed by atoms with Gasteiger partial charge in [0.1, 0.15) is 35.7 Å². The zero-order valence-corrected chi connectivity index (χ0v) is 13.2. The molecule has 0 saturated carbocycles. The molecule has 8 heteroatoms. The molecule has 0 unspecified atom stereocenters. The lowest BCUT2D eigenvalue weighted by Crippen LogP contribution is -2.09. The van der Waals surface area contributed by atoms with Crippen LogP contribution in [0.1, 0.15) is 11.1 Å². The summed E-state index contributed by atoms with van der Waals surface area (Å²) in [6.45, 7) is -0.317. The van der Waals surface area contributed by atoms with E-state index < -0.39 is 0 Å². The van der Waals surface area contributed by atoms with Crippen molar-refractivity contribution in [3.8, 4) is 29.1 Å². The zero-order chi connectivity index (χ0) is 17.0. The summed E-state index contributed by atoms with van der Waals surface area (Å²) < 4.78 is 5.24. The molecule has 6 nitrogen and oxygen atoms in total. The second-order valence-corrected chi connectivity index (χ2v) is 5.17. The molecule has 1 aromatic carbocycles. The van der Waals surface area contributed by atoms with Gasteiger partial charge in [0.25, 0.3) is 0 Å². The number of nitriles is 2. The molecule has 3 N–H and O–H groups in total. The number of nitrogens with zero attached hydrogens (tertiary/aromatic N) is 3. The van der Waals surface area contributed by atoms with Crippen molar-refractivity contribution in [2.75, 3.05) is 18.9 Å². The average molecular weight is 349 g/mol. The number of benzene rings is 1. The van der Waals surface area contributed by atoms with Crippen LogP contribution in [0.25, 0.3) is 11.1 Å². The number of aliphatic hydroxyl groups is 1. The molecule has 1 heterocycles. The zero-order valence-electron chi connectivity index (χ0n) is 11.7. The number of nitrogen functional groups attached to an aromatic ring is 1. The number of halogens is 2. The first-order valence-corrected chi connectivity index (χ1v) is 7.11. The van der Waals surface area contributed by atoms with Crippen molar-refractivity contribution >= 4 is 29.0 Å². The lowest BCUT2D eigenvalue weighted by Gasteiger charge is -2.13. The predicted octanol–water partition coefficient (Wildman–Crippen LogP) is 2.75. The van der Waals surface area contributed by atoms with Crippen molar-refractivity contribution in [1.29, 1.82) is 10.5 Å². The van der Waals surface area contributed by atoms with Crippen molar-refractivity contribution in [3.05, 3.63) is 39.4 Å². The minimum Gasteiger partial charge on any atom is -0.474 e. The summed E-state index contributed by atoms with van der Waals surface area (Å²) in [5.74, 6) is -0.139. The van der Waals surface area contributed by atoms with E-state index in [9.17, 15) is 10.5 Å². The van der Waals surface area contributed by atoms with Crippen LogP contribution >= 0.6 is 23.2 Å². The molecule has 23 heavy (non-hydrogen) atoms. The minimum absolute atomic E-state index is 0.0302. The average Bonchev–Trinajstić information content (AvgIpc) is 2.54. The molecule has 0 radical (unpaired) electrons. The van der Waals surface area contributed by atoms with E-state index in [1.54, 1.807) is 12.1 Å². The number of hydrogen-bond donors (Lipinski definition) is 2. The summed E-state index contributed by atoms with van der Waals surface area (Å²) in [4.78, 5) is 3.92. The molecule has 0 aliphatic heterocycles. The Balaban J connectivity index is 2.78. The minimum atomic E-state index is -0.255. The van der Waals surface area contributed by atoms with E-state index in [-0.39, 0.29) is 46.6 Å². The van der Waals surface area contributed by atoms with Crippen molar-refractivity contribution in [2.24, 2.45) is 0 Å². The van der Waals surface area contributed by atoms with Crippen LogP contribution in [0.2, 0.25) is 10.0 Å². The Labute approximate surface area is 142 Å². The first-order valence-electron chi connectivity index (χ1n) is 6.36. The first kappa shape index (κ1) is 16.9. The normalized spacial score (nSPS) is 9.96. The molecule has 2 aromatic rings. The maximum atomic E-state index is 9.45. The smallest absolute Gasteiger partial charge is 0.234 e. The lowest BCUT2D eigenvalue weighted by molar-refractivity contribution is 0.196. The van der Waals surface area contributed by atoms with Crippen LogP contribution in [0, 0.1) is 22.7 Å². The van der Waals surface area contributed by atoms with E-state index in [1.165, 1.54) is 6.07 Å². The van der Waals surface area contributed by atoms with Gasteiger partial charge in [-0.1, -0.05) is 29.3 Å². The van der Waals surface area contributed by atoms with E-state index in [0.29, 0.717) is 10.6 Å². The van der Waals surface area contributed by atoms with Gasteiger partial charge in [0, 0.05) is 5.56 Å². The van der Waals surface area contributed by atoms with E-state index >= 15 is 0 Å². The summed E-state index contributed by atoms with van der Waals surface area (Å²) in [6, 6.07) is 8.57. The highest BCUT2D eigenvalue weighted by Crippen LogP contribution is 2.37. The Morgan fingerprint density at radius 3 is 2.43 bits per heavy atom. The number of aromatic nitrogens is 1. The lowest BCUT2D eigenvalue weighted by atomic mass is 9.96. The first-order chi connectivity index (χ1) is 11.0. The number of hydrogen-bond acceptors (Lipinski definition) is 6. The number of aliphatic hydroxyl groups excluding tert-OH is 1. The van der Waals surface area contributed by atoms with Crippen molar-refractivity contribution in [1.82, 2.24) is 4.98 Å². The van der Waals surface area contributed by atoms with Crippen LogP contribution in [-0.2, 0) is 0 Å². The Morgan fingerprint density at radius 2 is 1.87 bits per heavy atom. The van der Waals surface area contributed by atoms with Crippen molar-refractivity contribution in [3.63, 3.8) is 0 Å². The Kier molecular flexibility index (Phi) is 5.25. The number of rotatable bonds is 4. The van der Waals surface area contributed by atoms with Crippen LogP contribution in [0.15, 0.2) is 18.2 Å². The van der Waals surface area contributed by atoms with Gasteiger partial charge in [0.2, 0.25) is 5.88 Å². The molecule has 2 rings (SSSR count). The Bertz CT molecular complexity index is 841. The highest BCUT2D eigenvalue weighted by Gasteiger charge is 2.21. The van der Waals surface area contributed by atoms with Crippen LogP contribution in [0.3, 0.4) is 0 Å². The SMILES string of the molecule is N#Cc1c(N)nc(OCCO)c(C#N)c1-c1ccc(Cl)c(Cl)c1. The molecule has 116 valence electrons. The van der Waals surface area contributed by atoms with Gasteiger partial charge in [0.15, 0.2) is 0 Å². The van der Waals surface area contributed by atoms with Gasteiger partial charge in [-0.2, -0.15) is 15.5 Å². The third-order valence-electron chi connectivity index (χ3n) is 2.95. The van der Waals surface area contributed by atoms with Gasteiger partial charge in [-0.3, -0.25) is 0 Å². The number of pyridine rings is 1. The third-order valence-corrected chi connectivity index (χ3v) is 3.69. The molecule has 0 atom stereocenters. The quantitative estimate of drug-likeness (QED) is 0.877. The fraction of sp³-hybridized carbons (Fsp3) is 0.133. The van der Waals surface area contributed by atoms with Gasteiger partial charge in [-0.15, -0.1) is 0 Å². The van der Waals surface area contributed by atoms with E-state index in [1.807, 2.05) is 12.1 Å². The molecule has 1 aromatic heterocycles. The van der Waals surface area contributed by atoms with E-state index in [2.05, 4.69) is 4.98 Å². The third kappa shape index (κ3) is 3.30. The predicted molar refractivity (Wildman–Crippen MR) is 86.1 cm³/mol. The van der Waals surface area contributed by atoms with E-state index in [4.69, 9.17) is 38.8 Å². The number of ether oxygens (including phenoxy) is 1. The Hall–Kier alpha value is -2.51. The largest absolute Gasteiger partial charge is 0.474 e. The second kappa shape index (κ2) is 7.17. The fourth-order valence-electron chi connectivity index (χ4n) is 1.99. The van der Waals surface area contributed by atoms with Crippen LogP contribution in [0.4, 0.5) is 5.82 Å². The summed E-state index contributed by atoms with van der Waals surface area (Å²) in [5.41, 5.74) is 6.60. The molecular weight excluding hydrogens is 339 g/mol. The van der Waals surface area contributed by atoms with Gasteiger partial charge < -0.3 is 15.6 Å². The summed E-state index contributed by atoms with van der Waals surface area (Å²) in [5, 5.41) is 28.3. The van der Waals surface area contributed by atoms with Gasteiger partial charge in [-0.25, -0.2) is 0 Å². The Morgan fingerprint density at radius 1 is 1.17 bits per heavy atom. The number of anilines is 1. The van der Waals surface area contributed by atoms with E-state index in [0.717, 1.165) is 0 Å². The van der Waals surface area contributed by atoms with Crippen LogP contribution < -0.4 is 10.5 Å². The maximum Gasteiger partial charge on any atom is 0.234 e. The molecule has 0 bridgehead atoms. The van der Waals surface area contributed by atoms with Crippen molar-refractivity contribution < 1.29 is 9.84 Å². The second-order valence-electron chi connectivity index (χ2n) is 4.35. The molecule has 0 saturated heterocycles. The van der Waals surface area contributed by atoms with Crippen molar-refractivity contribution in [2.45, 2.75) is 0 Å². The molecule has 0 fully saturated rings. The molecule has 0 aliphatic carbocycles.